The molecule has 126 valence electrons. The Kier molecular flexibility index (Phi) is 5.07. The highest BCUT2D eigenvalue weighted by Crippen LogP contribution is 2.38. The van der Waals surface area contributed by atoms with E-state index in [0.29, 0.717) is 17.4 Å². The number of nitriles is 1. The lowest BCUT2D eigenvalue weighted by atomic mass is 10.1. The van der Waals surface area contributed by atoms with Gasteiger partial charge < -0.3 is 15.1 Å². The SMILES string of the molecule is CC(C)(C)[Si](C)(C)OC1CCN(c2ccc(N)cc2C#N)CC1. The molecule has 0 atom stereocenters. The highest BCUT2D eigenvalue weighted by Gasteiger charge is 2.39. The standard InChI is InChI=1S/C18H29N3OSi/c1-18(2,3)23(4,5)22-16-8-10-21(11-9-16)17-7-6-15(20)12-14(17)13-19/h6-7,12,16H,8-11,20H2,1-5H3. The normalized spacial score (nSPS) is 17.1. The van der Waals surface area contributed by atoms with Crippen LogP contribution in [0.4, 0.5) is 11.4 Å². The van der Waals surface area contributed by atoms with Gasteiger partial charge in [0.1, 0.15) is 6.07 Å². The molecule has 0 spiro atoms. The van der Waals surface area contributed by atoms with Gasteiger partial charge in [-0.3, -0.25) is 0 Å². The molecule has 2 N–H and O–H groups in total. The van der Waals surface area contributed by atoms with Crippen LogP contribution < -0.4 is 10.6 Å². The monoisotopic (exact) mass is 331 g/mol. The van der Waals surface area contributed by atoms with Crippen LogP contribution in [-0.4, -0.2) is 27.5 Å². The van der Waals surface area contributed by atoms with Crippen LogP contribution in [0.5, 0.6) is 0 Å². The lowest BCUT2D eigenvalue weighted by molar-refractivity contribution is 0.152. The molecule has 2 rings (SSSR count). The van der Waals surface area contributed by atoms with Crippen LogP contribution in [-0.2, 0) is 4.43 Å². The molecule has 0 radical (unpaired) electrons. The number of piperidine rings is 1. The minimum atomic E-state index is -1.71. The fourth-order valence-electron chi connectivity index (χ4n) is 2.73. The third kappa shape index (κ3) is 4.07. The second-order valence-electron chi connectivity index (χ2n) is 7.95. The number of nitrogens with two attached hydrogens (primary N) is 1. The highest BCUT2D eigenvalue weighted by atomic mass is 28.4. The van der Waals surface area contributed by atoms with Crippen LogP contribution in [0.15, 0.2) is 18.2 Å². The van der Waals surface area contributed by atoms with Gasteiger partial charge in [-0.25, -0.2) is 0 Å². The second kappa shape index (κ2) is 6.54. The molecule has 0 unspecified atom stereocenters. The molecule has 1 saturated heterocycles. The fraction of sp³-hybridized carbons (Fsp3) is 0.611. The molecule has 1 heterocycles. The molecule has 0 aliphatic carbocycles. The predicted molar refractivity (Wildman–Crippen MR) is 99.1 cm³/mol. The van der Waals surface area contributed by atoms with Crippen molar-refractivity contribution in [2.45, 2.75) is 57.8 Å². The number of hydrogen-bond acceptors (Lipinski definition) is 4. The first-order valence-electron chi connectivity index (χ1n) is 8.36. The molecule has 1 aliphatic rings. The van der Waals surface area contributed by atoms with Crippen LogP contribution in [0.1, 0.15) is 39.2 Å². The van der Waals surface area contributed by atoms with Crippen molar-refractivity contribution in [2.75, 3.05) is 23.7 Å². The Bertz CT molecular complexity index is 593. The van der Waals surface area contributed by atoms with Crippen molar-refractivity contribution in [1.82, 2.24) is 0 Å². The van der Waals surface area contributed by atoms with Crippen LogP contribution in [0, 0.1) is 11.3 Å². The summed E-state index contributed by atoms with van der Waals surface area (Å²) < 4.78 is 6.53. The van der Waals surface area contributed by atoms with Gasteiger partial charge in [0.25, 0.3) is 0 Å². The van der Waals surface area contributed by atoms with E-state index in [1.54, 1.807) is 6.07 Å². The Hall–Kier alpha value is -1.51. The zero-order valence-electron chi connectivity index (χ0n) is 15.0. The average molecular weight is 332 g/mol. The van der Waals surface area contributed by atoms with Crippen molar-refractivity contribution in [3.8, 4) is 6.07 Å². The van der Waals surface area contributed by atoms with Gasteiger partial charge in [-0.1, -0.05) is 20.8 Å². The predicted octanol–water partition coefficient (Wildman–Crippen LogP) is 4.13. The molecule has 1 aromatic carbocycles. The van der Waals surface area contributed by atoms with E-state index >= 15 is 0 Å². The van der Waals surface area contributed by atoms with Crippen LogP contribution >= 0.6 is 0 Å². The molecule has 5 heteroatoms. The molecule has 1 aromatic rings. The molecule has 0 bridgehead atoms. The van der Waals surface area contributed by atoms with E-state index in [-0.39, 0.29) is 5.04 Å². The van der Waals surface area contributed by atoms with E-state index in [1.165, 1.54) is 0 Å². The quantitative estimate of drug-likeness (QED) is 0.668. The van der Waals surface area contributed by atoms with Gasteiger partial charge in [0.05, 0.1) is 11.3 Å². The minimum absolute atomic E-state index is 0.245. The average Bonchev–Trinajstić information content (AvgIpc) is 2.46. The van der Waals surface area contributed by atoms with Crippen molar-refractivity contribution < 1.29 is 4.43 Å². The van der Waals surface area contributed by atoms with Gasteiger partial charge in [-0.05, 0) is 49.2 Å². The maximum atomic E-state index is 9.32. The summed E-state index contributed by atoms with van der Waals surface area (Å²) in [5.74, 6) is 0. The topological polar surface area (TPSA) is 62.3 Å². The molecule has 0 amide bonds. The Morgan fingerprint density at radius 2 is 1.87 bits per heavy atom. The molecule has 4 nitrogen and oxygen atoms in total. The van der Waals surface area contributed by atoms with E-state index in [2.05, 4.69) is 44.8 Å². The first kappa shape index (κ1) is 17.8. The first-order valence-corrected chi connectivity index (χ1v) is 11.3. The van der Waals surface area contributed by atoms with Crippen molar-refractivity contribution in [3.63, 3.8) is 0 Å². The molecule has 1 fully saturated rings. The molecule has 23 heavy (non-hydrogen) atoms. The Morgan fingerprint density at radius 3 is 2.39 bits per heavy atom. The fourth-order valence-corrected chi connectivity index (χ4v) is 4.15. The van der Waals surface area contributed by atoms with Gasteiger partial charge in [0.2, 0.25) is 0 Å². The molecule has 0 aromatic heterocycles. The van der Waals surface area contributed by atoms with E-state index in [9.17, 15) is 5.26 Å². The van der Waals surface area contributed by atoms with Gasteiger partial charge in [0.15, 0.2) is 8.32 Å². The highest BCUT2D eigenvalue weighted by molar-refractivity contribution is 6.74. The summed E-state index contributed by atoms with van der Waals surface area (Å²) in [5.41, 5.74) is 8.07. The summed E-state index contributed by atoms with van der Waals surface area (Å²) in [6, 6.07) is 7.85. The lowest BCUT2D eigenvalue weighted by Crippen LogP contribution is -2.47. The van der Waals surface area contributed by atoms with Crippen molar-refractivity contribution in [2.24, 2.45) is 0 Å². The summed E-state index contributed by atoms with van der Waals surface area (Å²) in [4.78, 5) is 2.28. The summed E-state index contributed by atoms with van der Waals surface area (Å²) in [7, 11) is -1.71. The van der Waals surface area contributed by atoms with E-state index in [1.807, 2.05) is 12.1 Å². The summed E-state index contributed by atoms with van der Waals surface area (Å²) in [6.07, 6.45) is 2.37. The Balaban J connectivity index is 2.01. The molecule has 0 saturated carbocycles. The zero-order valence-corrected chi connectivity index (χ0v) is 16.0. The van der Waals surface area contributed by atoms with Crippen LogP contribution in [0.3, 0.4) is 0 Å². The summed E-state index contributed by atoms with van der Waals surface area (Å²) in [6.45, 7) is 13.3. The Labute approximate surface area is 141 Å². The zero-order chi connectivity index (χ0) is 17.3. The lowest BCUT2D eigenvalue weighted by Gasteiger charge is -2.42. The maximum absolute atomic E-state index is 9.32. The third-order valence-corrected chi connectivity index (χ3v) is 9.73. The minimum Gasteiger partial charge on any atom is -0.414 e. The first-order chi connectivity index (χ1) is 10.6. The van der Waals surface area contributed by atoms with Crippen molar-refractivity contribution in [3.05, 3.63) is 23.8 Å². The molecular weight excluding hydrogens is 302 g/mol. The van der Waals surface area contributed by atoms with Crippen molar-refractivity contribution in [1.29, 1.82) is 5.26 Å². The summed E-state index contributed by atoms with van der Waals surface area (Å²) in [5, 5.41) is 9.56. The van der Waals surface area contributed by atoms with E-state index in [4.69, 9.17) is 10.2 Å². The third-order valence-electron chi connectivity index (χ3n) is 5.19. The van der Waals surface area contributed by atoms with E-state index < -0.39 is 8.32 Å². The number of anilines is 2. The number of rotatable bonds is 3. The van der Waals surface area contributed by atoms with Gasteiger partial charge in [-0.2, -0.15) is 5.26 Å². The molecular formula is C18H29N3OSi. The van der Waals surface area contributed by atoms with Gasteiger partial charge in [0, 0.05) is 24.9 Å². The van der Waals surface area contributed by atoms with Crippen LogP contribution in [0.25, 0.3) is 0 Å². The smallest absolute Gasteiger partial charge is 0.192 e. The largest absolute Gasteiger partial charge is 0.414 e. The van der Waals surface area contributed by atoms with Gasteiger partial charge in [-0.15, -0.1) is 0 Å². The van der Waals surface area contributed by atoms with E-state index in [0.717, 1.165) is 31.6 Å². The number of nitrogens with zero attached hydrogens (tertiary/aromatic N) is 2. The van der Waals surface area contributed by atoms with Crippen molar-refractivity contribution >= 4 is 19.7 Å². The maximum Gasteiger partial charge on any atom is 0.192 e. The Morgan fingerprint density at radius 1 is 1.26 bits per heavy atom. The van der Waals surface area contributed by atoms with Crippen LogP contribution in [0.2, 0.25) is 18.1 Å². The number of benzene rings is 1. The van der Waals surface area contributed by atoms with Gasteiger partial charge >= 0.3 is 0 Å². The number of nitrogen functional groups attached to an aromatic ring is 1. The summed E-state index contributed by atoms with van der Waals surface area (Å²) >= 11 is 0. The molecule has 1 aliphatic heterocycles. The second-order valence-corrected chi connectivity index (χ2v) is 12.7. The number of hydrogen-bond donors (Lipinski definition) is 1.